The lowest BCUT2D eigenvalue weighted by Gasteiger charge is -2.40. The van der Waals surface area contributed by atoms with E-state index in [2.05, 4.69) is 29.2 Å². The first-order valence-electron chi connectivity index (χ1n) is 9.74. The minimum Gasteiger partial charge on any atom is -0.368 e. The van der Waals surface area contributed by atoms with E-state index in [1.54, 1.807) is 0 Å². The van der Waals surface area contributed by atoms with Crippen molar-refractivity contribution in [1.29, 1.82) is 0 Å². The minimum atomic E-state index is -0.383. The van der Waals surface area contributed by atoms with E-state index in [0.29, 0.717) is 6.54 Å². The highest BCUT2D eigenvalue weighted by molar-refractivity contribution is 5.84. The molecule has 1 aromatic carbocycles. The number of nitrogens with zero attached hydrogens (tertiary/aromatic N) is 3. The molecule has 1 unspecified atom stereocenters. The van der Waals surface area contributed by atoms with Gasteiger partial charge in [-0.1, -0.05) is 39.0 Å². The van der Waals surface area contributed by atoms with Crippen LogP contribution in [0.15, 0.2) is 30.3 Å². The van der Waals surface area contributed by atoms with Gasteiger partial charge in [0.1, 0.15) is 0 Å². The highest BCUT2D eigenvalue weighted by Crippen LogP contribution is 2.25. The van der Waals surface area contributed by atoms with Crippen LogP contribution in [-0.2, 0) is 9.59 Å². The topological polar surface area (TPSA) is 43.9 Å². The number of piperazine rings is 1. The maximum Gasteiger partial charge on any atom is 0.227 e. The SMILES string of the molecule is CC(C)(C)C(=O)N1CCCC(C(=O)N2CCN(c3ccccc3)CC2)C1. The second-order valence-corrected chi connectivity index (χ2v) is 8.49. The summed E-state index contributed by atoms with van der Waals surface area (Å²) >= 11 is 0. The molecule has 0 spiro atoms. The van der Waals surface area contributed by atoms with Crippen LogP contribution in [0.25, 0.3) is 0 Å². The number of likely N-dealkylation sites (tertiary alicyclic amines) is 1. The molecule has 2 fully saturated rings. The van der Waals surface area contributed by atoms with Gasteiger partial charge >= 0.3 is 0 Å². The molecule has 5 nitrogen and oxygen atoms in total. The maximum absolute atomic E-state index is 13.0. The summed E-state index contributed by atoms with van der Waals surface area (Å²) in [6, 6.07) is 10.4. The molecule has 1 atom stereocenters. The zero-order valence-electron chi connectivity index (χ0n) is 16.3. The fourth-order valence-electron chi connectivity index (χ4n) is 3.92. The zero-order valence-corrected chi connectivity index (χ0v) is 16.3. The Balaban J connectivity index is 1.56. The third-order valence-electron chi connectivity index (χ3n) is 5.41. The van der Waals surface area contributed by atoms with Crippen LogP contribution >= 0.6 is 0 Å². The average Bonchev–Trinajstić information content (AvgIpc) is 2.67. The molecule has 26 heavy (non-hydrogen) atoms. The Kier molecular flexibility index (Phi) is 5.54. The van der Waals surface area contributed by atoms with Crippen molar-refractivity contribution >= 4 is 17.5 Å². The molecule has 0 saturated carbocycles. The predicted octanol–water partition coefficient (Wildman–Crippen LogP) is 2.62. The average molecular weight is 357 g/mol. The Morgan fingerprint density at radius 2 is 1.58 bits per heavy atom. The number of benzene rings is 1. The minimum absolute atomic E-state index is 0.0432. The number of carbonyl (C=O) groups excluding carboxylic acids is 2. The Bertz CT molecular complexity index is 630. The largest absolute Gasteiger partial charge is 0.368 e. The van der Waals surface area contributed by atoms with E-state index in [1.165, 1.54) is 5.69 Å². The van der Waals surface area contributed by atoms with Gasteiger partial charge in [-0.2, -0.15) is 0 Å². The van der Waals surface area contributed by atoms with Gasteiger partial charge in [-0.3, -0.25) is 9.59 Å². The van der Waals surface area contributed by atoms with E-state index in [9.17, 15) is 9.59 Å². The lowest BCUT2D eigenvalue weighted by molar-refractivity contribution is -0.145. The van der Waals surface area contributed by atoms with E-state index in [-0.39, 0.29) is 23.1 Å². The molecular formula is C21H31N3O2. The van der Waals surface area contributed by atoms with Crippen molar-refractivity contribution in [3.63, 3.8) is 0 Å². The molecule has 3 rings (SSSR count). The molecule has 5 heteroatoms. The normalized spacial score (nSPS) is 21.7. The summed E-state index contributed by atoms with van der Waals surface area (Å²) in [7, 11) is 0. The third kappa shape index (κ3) is 4.19. The lowest BCUT2D eigenvalue weighted by atomic mass is 9.90. The van der Waals surface area contributed by atoms with Crippen LogP contribution in [0, 0.1) is 11.3 Å². The van der Waals surface area contributed by atoms with Gasteiger partial charge in [-0.25, -0.2) is 0 Å². The summed E-state index contributed by atoms with van der Waals surface area (Å²) in [6.45, 7) is 10.5. The Labute approximate surface area is 156 Å². The van der Waals surface area contributed by atoms with Crippen molar-refractivity contribution in [2.45, 2.75) is 33.6 Å². The number of anilines is 1. The fraction of sp³-hybridized carbons (Fsp3) is 0.619. The summed E-state index contributed by atoms with van der Waals surface area (Å²) in [5.41, 5.74) is 0.839. The van der Waals surface area contributed by atoms with Crippen LogP contribution < -0.4 is 4.90 Å². The van der Waals surface area contributed by atoms with Crippen molar-refractivity contribution < 1.29 is 9.59 Å². The van der Waals surface area contributed by atoms with Gasteiger partial charge in [-0.15, -0.1) is 0 Å². The smallest absolute Gasteiger partial charge is 0.227 e. The Morgan fingerprint density at radius 3 is 2.19 bits per heavy atom. The van der Waals surface area contributed by atoms with Gasteiger partial charge in [0.2, 0.25) is 11.8 Å². The lowest BCUT2D eigenvalue weighted by Crippen LogP contribution is -2.54. The second-order valence-electron chi connectivity index (χ2n) is 8.49. The number of hydrogen-bond acceptors (Lipinski definition) is 3. The molecule has 1 aromatic rings. The fourth-order valence-corrected chi connectivity index (χ4v) is 3.92. The number of para-hydroxylation sites is 1. The summed E-state index contributed by atoms with van der Waals surface area (Å²) in [4.78, 5) is 31.8. The Morgan fingerprint density at radius 1 is 0.923 bits per heavy atom. The Hall–Kier alpha value is -2.04. The molecule has 0 aliphatic carbocycles. The number of hydrogen-bond donors (Lipinski definition) is 0. The van der Waals surface area contributed by atoms with Gasteiger partial charge < -0.3 is 14.7 Å². The van der Waals surface area contributed by atoms with Crippen molar-refractivity contribution in [2.75, 3.05) is 44.2 Å². The van der Waals surface area contributed by atoms with Crippen molar-refractivity contribution in [1.82, 2.24) is 9.80 Å². The molecule has 2 aliphatic rings. The third-order valence-corrected chi connectivity index (χ3v) is 5.41. The molecule has 2 saturated heterocycles. The maximum atomic E-state index is 13.0. The summed E-state index contributed by atoms with van der Waals surface area (Å²) < 4.78 is 0. The molecule has 0 N–H and O–H groups in total. The predicted molar refractivity (Wildman–Crippen MR) is 104 cm³/mol. The first kappa shape index (κ1) is 18.7. The van der Waals surface area contributed by atoms with Crippen molar-refractivity contribution in [2.24, 2.45) is 11.3 Å². The van der Waals surface area contributed by atoms with Gasteiger partial charge in [0.05, 0.1) is 5.92 Å². The van der Waals surface area contributed by atoms with E-state index in [4.69, 9.17) is 0 Å². The molecule has 142 valence electrons. The van der Waals surface area contributed by atoms with Gasteiger partial charge in [0.25, 0.3) is 0 Å². The second kappa shape index (κ2) is 7.68. The molecule has 0 bridgehead atoms. The van der Waals surface area contributed by atoms with E-state index in [0.717, 1.165) is 45.6 Å². The van der Waals surface area contributed by atoms with Crippen LogP contribution in [0.5, 0.6) is 0 Å². The molecule has 2 amide bonds. The molecule has 2 aliphatic heterocycles. The highest BCUT2D eigenvalue weighted by Gasteiger charge is 2.35. The van der Waals surface area contributed by atoms with Crippen LogP contribution in [0.4, 0.5) is 5.69 Å². The van der Waals surface area contributed by atoms with Crippen LogP contribution in [-0.4, -0.2) is 60.9 Å². The molecule has 2 heterocycles. The van der Waals surface area contributed by atoms with Gasteiger partial charge in [0, 0.05) is 50.4 Å². The van der Waals surface area contributed by atoms with E-state index >= 15 is 0 Å². The standard InChI is InChI=1S/C21H31N3O2/c1-21(2,3)20(26)24-11-7-8-17(16-24)19(25)23-14-12-22(13-15-23)18-9-5-4-6-10-18/h4-6,9-10,17H,7-8,11-16H2,1-3H3. The summed E-state index contributed by atoms with van der Waals surface area (Å²) in [6.07, 6.45) is 1.81. The highest BCUT2D eigenvalue weighted by atomic mass is 16.2. The summed E-state index contributed by atoms with van der Waals surface area (Å²) in [5.74, 6) is 0.339. The van der Waals surface area contributed by atoms with Crippen LogP contribution in [0.2, 0.25) is 0 Å². The van der Waals surface area contributed by atoms with E-state index < -0.39 is 0 Å². The van der Waals surface area contributed by atoms with Crippen LogP contribution in [0.1, 0.15) is 33.6 Å². The van der Waals surface area contributed by atoms with Gasteiger partial charge in [-0.05, 0) is 25.0 Å². The van der Waals surface area contributed by atoms with Crippen molar-refractivity contribution in [3.8, 4) is 0 Å². The zero-order chi connectivity index (χ0) is 18.7. The number of amides is 2. The van der Waals surface area contributed by atoms with Crippen LogP contribution in [0.3, 0.4) is 0 Å². The number of piperidine rings is 1. The van der Waals surface area contributed by atoms with Gasteiger partial charge in [0.15, 0.2) is 0 Å². The monoisotopic (exact) mass is 357 g/mol. The molecule has 0 aromatic heterocycles. The molecule has 0 radical (unpaired) electrons. The number of rotatable bonds is 2. The van der Waals surface area contributed by atoms with Crippen molar-refractivity contribution in [3.05, 3.63) is 30.3 Å². The summed E-state index contributed by atoms with van der Waals surface area (Å²) in [5, 5.41) is 0. The first-order chi connectivity index (χ1) is 12.4. The molecular weight excluding hydrogens is 326 g/mol. The number of carbonyl (C=O) groups is 2. The van der Waals surface area contributed by atoms with E-state index in [1.807, 2.05) is 36.6 Å². The first-order valence-corrected chi connectivity index (χ1v) is 9.74. The quantitative estimate of drug-likeness (QED) is 0.817.